The summed E-state index contributed by atoms with van der Waals surface area (Å²) in [6.07, 6.45) is 6.79. The van der Waals surface area contributed by atoms with Gasteiger partial charge in [0.15, 0.2) is 0 Å². The van der Waals surface area contributed by atoms with E-state index in [9.17, 15) is 0 Å². The maximum Gasteiger partial charge on any atom is 0.0149 e. The van der Waals surface area contributed by atoms with Crippen LogP contribution < -0.4 is 5.32 Å². The Morgan fingerprint density at radius 3 is 2.33 bits per heavy atom. The van der Waals surface area contributed by atoms with Crippen LogP contribution >= 0.6 is 11.8 Å². The van der Waals surface area contributed by atoms with Crippen LogP contribution in [0.4, 0.5) is 0 Å². The van der Waals surface area contributed by atoms with Crippen molar-refractivity contribution in [2.75, 3.05) is 32.7 Å². The molecule has 1 aliphatic rings. The minimum absolute atomic E-state index is 0.826. The molecular weight excluding hydrogens is 240 g/mol. The highest BCUT2D eigenvalue weighted by molar-refractivity contribution is 8.00. The smallest absolute Gasteiger partial charge is 0.0149 e. The second kappa shape index (κ2) is 10.1. The van der Waals surface area contributed by atoms with Gasteiger partial charge in [0, 0.05) is 23.6 Å². The molecule has 2 nitrogen and oxygen atoms in total. The third-order valence-electron chi connectivity index (χ3n) is 3.50. The number of nitrogens with zero attached hydrogens (tertiary/aromatic N) is 1. The lowest BCUT2D eigenvalue weighted by Crippen LogP contribution is -2.40. The Bertz CT molecular complexity index is 189. The average Bonchev–Trinajstić information content (AvgIpc) is 2.31. The van der Waals surface area contributed by atoms with E-state index in [0.29, 0.717) is 0 Å². The second-order valence-electron chi connectivity index (χ2n) is 5.68. The Morgan fingerprint density at radius 2 is 1.67 bits per heavy atom. The first kappa shape index (κ1) is 16.3. The molecule has 3 heteroatoms. The minimum atomic E-state index is 0.826. The first-order valence-electron chi connectivity index (χ1n) is 7.81. The summed E-state index contributed by atoms with van der Waals surface area (Å²) < 4.78 is 0. The van der Waals surface area contributed by atoms with E-state index < -0.39 is 0 Å². The maximum absolute atomic E-state index is 3.47. The molecule has 1 aliphatic heterocycles. The molecule has 0 spiro atoms. The summed E-state index contributed by atoms with van der Waals surface area (Å²) in [5.41, 5.74) is 0. The molecule has 1 saturated heterocycles. The van der Waals surface area contributed by atoms with Crippen molar-refractivity contribution in [3.05, 3.63) is 0 Å². The topological polar surface area (TPSA) is 15.3 Å². The number of unbranched alkanes of at least 4 members (excludes halogenated alkanes) is 3. The van der Waals surface area contributed by atoms with Gasteiger partial charge in [-0.2, -0.15) is 11.8 Å². The Kier molecular flexibility index (Phi) is 9.16. The zero-order chi connectivity index (χ0) is 13.2. The van der Waals surface area contributed by atoms with E-state index in [1.165, 1.54) is 64.8 Å². The summed E-state index contributed by atoms with van der Waals surface area (Å²) >= 11 is 2.15. The van der Waals surface area contributed by atoms with Crippen LogP contribution in [0.5, 0.6) is 0 Å². The Balaban J connectivity index is 1.91. The quantitative estimate of drug-likeness (QED) is 0.648. The number of hydrogen-bond acceptors (Lipinski definition) is 3. The number of nitrogens with one attached hydrogen (secondary N) is 1. The van der Waals surface area contributed by atoms with Crippen LogP contribution in [-0.2, 0) is 0 Å². The molecule has 18 heavy (non-hydrogen) atoms. The van der Waals surface area contributed by atoms with Gasteiger partial charge in [-0.15, -0.1) is 0 Å². The van der Waals surface area contributed by atoms with Crippen LogP contribution in [0.15, 0.2) is 0 Å². The van der Waals surface area contributed by atoms with E-state index in [1.54, 1.807) is 0 Å². The van der Waals surface area contributed by atoms with Crippen LogP contribution in [0.2, 0.25) is 0 Å². The van der Waals surface area contributed by atoms with Gasteiger partial charge in [-0.05, 0) is 38.9 Å². The standard InChI is InChI=1S/C15H32N2S/c1-4-9-16-10-7-5-6-8-11-17-12-14(2)18-15(3)13-17/h14-16H,4-13H2,1-3H3. The highest BCUT2D eigenvalue weighted by Gasteiger charge is 2.21. The van der Waals surface area contributed by atoms with E-state index in [2.05, 4.69) is 42.7 Å². The van der Waals surface area contributed by atoms with Crippen LogP contribution in [-0.4, -0.2) is 48.1 Å². The molecule has 0 aromatic carbocycles. The maximum atomic E-state index is 3.47. The molecule has 2 atom stereocenters. The molecule has 0 bridgehead atoms. The summed E-state index contributed by atoms with van der Waals surface area (Å²) in [5.74, 6) is 0. The summed E-state index contributed by atoms with van der Waals surface area (Å²) in [4.78, 5) is 2.67. The van der Waals surface area contributed by atoms with Crippen molar-refractivity contribution in [1.29, 1.82) is 0 Å². The van der Waals surface area contributed by atoms with Gasteiger partial charge in [0.05, 0.1) is 0 Å². The monoisotopic (exact) mass is 272 g/mol. The zero-order valence-electron chi connectivity index (χ0n) is 12.6. The van der Waals surface area contributed by atoms with E-state index in [4.69, 9.17) is 0 Å². The van der Waals surface area contributed by atoms with Crippen molar-refractivity contribution in [3.8, 4) is 0 Å². The van der Waals surface area contributed by atoms with E-state index >= 15 is 0 Å². The van der Waals surface area contributed by atoms with E-state index in [0.717, 1.165) is 10.5 Å². The summed E-state index contributed by atoms with van der Waals surface area (Å²) in [6, 6.07) is 0. The number of rotatable bonds is 9. The molecule has 2 unspecified atom stereocenters. The molecule has 0 saturated carbocycles. The largest absolute Gasteiger partial charge is 0.317 e. The van der Waals surface area contributed by atoms with E-state index in [1.807, 2.05) is 0 Å². The molecule has 1 N–H and O–H groups in total. The van der Waals surface area contributed by atoms with Crippen LogP contribution in [0.1, 0.15) is 52.9 Å². The summed E-state index contributed by atoms with van der Waals surface area (Å²) in [6.45, 7) is 13.3. The summed E-state index contributed by atoms with van der Waals surface area (Å²) in [5, 5.41) is 5.13. The normalized spacial score (nSPS) is 25.5. The number of hydrogen-bond donors (Lipinski definition) is 1. The van der Waals surface area contributed by atoms with Gasteiger partial charge in [0.25, 0.3) is 0 Å². The first-order valence-corrected chi connectivity index (χ1v) is 8.75. The molecule has 0 aromatic rings. The molecule has 0 aromatic heterocycles. The Labute approximate surface area is 118 Å². The predicted molar refractivity (Wildman–Crippen MR) is 84.6 cm³/mol. The van der Waals surface area contributed by atoms with Crippen LogP contribution in [0.25, 0.3) is 0 Å². The van der Waals surface area contributed by atoms with Crippen LogP contribution in [0, 0.1) is 0 Å². The lowest BCUT2D eigenvalue weighted by atomic mass is 10.2. The van der Waals surface area contributed by atoms with Crippen molar-refractivity contribution in [2.24, 2.45) is 0 Å². The van der Waals surface area contributed by atoms with Crippen molar-refractivity contribution >= 4 is 11.8 Å². The third kappa shape index (κ3) is 7.65. The van der Waals surface area contributed by atoms with Gasteiger partial charge in [0.1, 0.15) is 0 Å². The molecule has 1 fully saturated rings. The molecule has 108 valence electrons. The lowest BCUT2D eigenvalue weighted by molar-refractivity contribution is 0.264. The molecule has 0 amide bonds. The molecule has 0 radical (unpaired) electrons. The highest BCUT2D eigenvalue weighted by Crippen LogP contribution is 2.24. The SMILES string of the molecule is CCCNCCCCCCN1CC(C)SC(C)C1. The number of thioether (sulfide) groups is 1. The summed E-state index contributed by atoms with van der Waals surface area (Å²) in [7, 11) is 0. The third-order valence-corrected chi connectivity index (χ3v) is 4.73. The Morgan fingerprint density at radius 1 is 1.00 bits per heavy atom. The van der Waals surface area contributed by atoms with E-state index in [-0.39, 0.29) is 0 Å². The van der Waals surface area contributed by atoms with Gasteiger partial charge >= 0.3 is 0 Å². The van der Waals surface area contributed by atoms with Gasteiger partial charge in [-0.1, -0.05) is 33.6 Å². The molecule has 1 rings (SSSR count). The van der Waals surface area contributed by atoms with Crippen molar-refractivity contribution < 1.29 is 0 Å². The first-order chi connectivity index (χ1) is 8.72. The molecule has 1 heterocycles. The predicted octanol–water partition coefficient (Wildman–Crippen LogP) is 3.37. The Hall–Kier alpha value is 0.270. The fraction of sp³-hybridized carbons (Fsp3) is 1.00. The molecule has 0 aliphatic carbocycles. The fourth-order valence-electron chi connectivity index (χ4n) is 2.71. The van der Waals surface area contributed by atoms with Gasteiger partial charge in [0.2, 0.25) is 0 Å². The van der Waals surface area contributed by atoms with Gasteiger partial charge in [-0.25, -0.2) is 0 Å². The average molecular weight is 273 g/mol. The van der Waals surface area contributed by atoms with Crippen molar-refractivity contribution in [1.82, 2.24) is 10.2 Å². The fourth-order valence-corrected chi connectivity index (χ4v) is 4.09. The lowest BCUT2D eigenvalue weighted by Gasteiger charge is -2.34. The minimum Gasteiger partial charge on any atom is -0.317 e. The van der Waals surface area contributed by atoms with Gasteiger partial charge < -0.3 is 10.2 Å². The van der Waals surface area contributed by atoms with Crippen molar-refractivity contribution in [3.63, 3.8) is 0 Å². The highest BCUT2D eigenvalue weighted by atomic mass is 32.2. The zero-order valence-corrected chi connectivity index (χ0v) is 13.4. The second-order valence-corrected chi connectivity index (χ2v) is 7.56. The van der Waals surface area contributed by atoms with Crippen molar-refractivity contribution in [2.45, 2.75) is 63.4 Å². The van der Waals surface area contributed by atoms with Gasteiger partial charge in [-0.3, -0.25) is 0 Å². The van der Waals surface area contributed by atoms with Crippen LogP contribution in [0.3, 0.4) is 0 Å². The molecular formula is C15H32N2S.